The molecule has 3 aromatic rings. The Labute approximate surface area is 240 Å². The van der Waals surface area contributed by atoms with E-state index in [-0.39, 0.29) is 31.2 Å². The fourth-order valence-electron chi connectivity index (χ4n) is 4.63. The minimum Gasteiger partial charge on any atom is -0.494 e. The highest BCUT2D eigenvalue weighted by Gasteiger charge is 2.48. The Bertz CT molecular complexity index is 1420. The van der Waals surface area contributed by atoms with E-state index in [0.29, 0.717) is 23.6 Å². The molecule has 10 nitrogen and oxygen atoms in total. The molecule has 1 heterocycles. The molecule has 3 amide bonds. The van der Waals surface area contributed by atoms with Gasteiger partial charge in [-0.15, -0.1) is 0 Å². The highest BCUT2D eigenvalue weighted by atomic mass is 19.1. The zero-order valence-electron chi connectivity index (χ0n) is 22.4. The summed E-state index contributed by atoms with van der Waals surface area (Å²) in [7, 11) is 0. The average molecular weight is 582 g/mol. The number of hydrogen-bond donors (Lipinski definition) is 3. The molecule has 42 heavy (non-hydrogen) atoms. The molecule has 4 N–H and O–H groups in total. The number of nitrogens with two attached hydrogens (primary N) is 1. The van der Waals surface area contributed by atoms with Gasteiger partial charge in [-0.25, -0.2) is 13.6 Å². The number of nitrogens with zero attached hydrogens (tertiary/aromatic N) is 1. The van der Waals surface area contributed by atoms with Gasteiger partial charge in [0.05, 0.1) is 18.6 Å². The van der Waals surface area contributed by atoms with Crippen LogP contribution in [0, 0.1) is 17.6 Å². The zero-order valence-corrected chi connectivity index (χ0v) is 22.4. The van der Waals surface area contributed by atoms with E-state index in [1.54, 1.807) is 29.2 Å². The standard InChI is InChI=1S/C30H29F2N3O7/c31-19-3-7-21(8-4-19)35-28(24(29(35)38)15-16-41-22-11-5-20(32)6-12-22)18-1-9-23(10-2-18)42-17-27(37)34-25(30(39)40)13-14-26(33)36/h1-12,24-25,28H,13-17H2,(H2,33,36)(H,34,37)(H,39,40)/t24?,25-,28?/m0/s1. The Morgan fingerprint density at radius 3 is 2.07 bits per heavy atom. The van der Waals surface area contributed by atoms with Crippen LogP contribution in [0.5, 0.6) is 11.5 Å². The number of halogens is 2. The number of rotatable bonds is 14. The van der Waals surface area contributed by atoms with E-state index in [9.17, 15) is 33.1 Å². The Kier molecular flexibility index (Phi) is 9.69. The molecular weight excluding hydrogens is 552 g/mol. The lowest BCUT2D eigenvalue weighted by atomic mass is 9.80. The number of carbonyl (C=O) groups excluding carboxylic acids is 3. The SMILES string of the molecule is NC(=O)CC[C@H](NC(=O)COc1ccc(C2C(CCOc3ccc(F)cc3)C(=O)N2c2ccc(F)cc2)cc1)C(=O)O. The van der Waals surface area contributed by atoms with Crippen molar-refractivity contribution in [2.45, 2.75) is 31.3 Å². The van der Waals surface area contributed by atoms with Gasteiger partial charge in [-0.1, -0.05) is 12.1 Å². The average Bonchev–Trinajstić information content (AvgIpc) is 2.97. The highest BCUT2D eigenvalue weighted by molar-refractivity contribution is 6.03. The predicted molar refractivity (Wildman–Crippen MR) is 147 cm³/mol. The van der Waals surface area contributed by atoms with Crippen LogP contribution < -0.4 is 25.4 Å². The molecule has 1 saturated heterocycles. The molecule has 0 saturated carbocycles. The molecule has 0 aromatic heterocycles. The highest BCUT2D eigenvalue weighted by Crippen LogP contribution is 2.45. The van der Waals surface area contributed by atoms with Crippen molar-refractivity contribution in [3.05, 3.63) is 90.0 Å². The van der Waals surface area contributed by atoms with Gasteiger partial charge in [0.1, 0.15) is 29.2 Å². The number of benzene rings is 3. The Morgan fingerprint density at radius 1 is 0.905 bits per heavy atom. The second-order valence-electron chi connectivity index (χ2n) is 9.65. The van der Waals surface area contributed by atoms with Gasteiger partial charge >= 0.3 is 5.97 Å². The summed E-state index contributed by atoms with van der Waals surface area (Å²) in [5.74, 6) is -3.28. The van der Waals surface area contributed by atoms with E-state index in [4.69, 9.17) is 15.2 Å². The van der Waals surface area contributed by atoms with Crippen molar-refractivity contribution in [1.29, 1.82) is 0 Å². The summed E-state index contributed by atoms with van der Waals surface area (Å²) in [4.78, 5) is 49.2. The summed E-state index contributed by atoms with van der Waals surface area (Å²) in [5, 5.41) is 11.5. The van der Waals surface area contributed by atoms with Crippen LogP contribution in [0.25, 0.3) is 0 Å². The van der Waals surface area contributed by atoms with Gasteiger partial charge in [0, 0.05) is 12.1 Å². The number of amides is 3. The van der Waals surface area contributed by atoms with Gasteiger partial charge in [-0.3, -0.25) is 14.4 Å². The number of anilines is 1. The van der Waals surface area contributed by atoms with Crippen molar-refractivity contribution in [3.63, 3.8) is 0 Å². The monoisotopic (exact) mass is 581 g/mol. The lowest BCUT2D eigenvalue weighted by Crippen LogP contribution is -2.55. The van der Waals surface area contributed by atoms with Crippen LogP contribution in [0.4, 0.5) is 14.5 Å². The number of β-lactam (4-membered cyclic amide) rings is 1. The van der Waals surface area contributed by atoms with E-state index in [0.717, 1.165) is 5.56 Å². The maximum atomic E-state index is 13.5. The molecule has 4 rings (SSSR count). The number of aliphatic carboxylic acids is 1. The van der Waals surface area contributed by atoms with Crippen LogP contribution in [0.1, 0.15) is 30.9 Å². The Balaban J connectivity index is 1.41. The number of ether oxygens (including phenoxy) is 2. The topological polar surface area (TPSA) is 148 Å². The van der Waals surface area contributed by atoms with Gasteiger partial charge in [-0.05, 0) is 79.1 Å². The van der Waals surface area contributed by atoms with Gasteiger partial charge in [0.15, 0.2) is 6.61 Å². The first-order chi connectivity index (χ1) is 20.1. The zero-order chi connectivity index (χ0) is 30.2. The van der Waals surface area contributed by atoms with Gasteiger partial charge in [-0.2, -0.15) is 0 Å². The quantitative estimate of drug-likeness (QED) is 0.247. The summed E-state index contributed by atoms with van der Waals surface area (Å²) in [6.07, 6.45) is 0.0287. The Hall–Kier alpha value is -5.00. The number of nitrogens with one attached hydrogen (secondary N) is 1. The lowest BCUT2D eigenvalue weighted by molar-refractivity contribution is -0.142. The minimum atomic E-state index is -1.30. The summed E-state index contributed by atoms with van der Waals surface area (Å²) in [6.45, 7) is -0.254. The van der Waals surface area contributed by atoms with Crippen molar-refractivity contribution >= 4 is 29.4 Å². The molecule has 0 aliphatic carbocycles. The first kappa shape index (κ1) is 30.0. The normalized spacial score (nSPS) is 16.7. The Morgan fingerprint density at radius 2 is 1.48 bits per heavy atom. The first-order valence-electron chi connectivity index (χ1n) is 13.1. The van der Waals surface area contributed by atoms with Crippen molar-refractivity contribution in [3.8, 4) is 11.5 Å². The van der Waals surface area contributed by atoms with E-state index in [2.05, 4.69) is 5.32 Å². The number of hydrogen-bond acceptors (Lipinski definition) is 6. The fourth-order valence-corrected chi connectivity index (χ4v) is 4.63. The van der Waals surface area contributed by atoms with Gasteiger partial charge in [0.25, 0.3) is 5.91 Å². The summed E-state index contributed by atoms with van der Waals surface area (Å²) in [5.41, 5.74) is 6.34. The third kappa shape index (κ3) is 7.59. The molecule has 2 unspecified atom stereocenters. The maximum Gasteiger partial charge on any atom is 0.326 e. The van der Waals surface area contributed by atoms with E-state index >= 15 is 0 Å². The van der Waals surface area contributed by atoms with Crippen molar-refractivity contribution in [2.75, 3.05) is 18.1 Å². The largest absolute Gasteiger partial charge is 0.494 e. The summed E-state index contributed by atoms with van der Waals surface area (Å²) in [6, 6.07) is 16.2. The van der Waals surface area contributed by atoms with E-state index in [1.165, 1.54) is 48.5 Å². The van der Waals surface area contributed by atoms with Gasteiger partial charge in [0.2, 0.25) is 11.8 Å². The van der Waals surface area contributed by atoms with Crippen LogP contribution >= 0.6 is 0 Å². The molecule has 12 heteroatoms. The van der Waals surface area contributed by atoms with Crippen molar-refractivity contribution in [2.24, 2.45) is 11.7 Å². The van der Waals surface area contributed by atoms with Gasteiger partial charge < -0.3 is 30.5 Å². The van der Waals surface area contributed by atoms with Crippen LogP contribution in [0.15, 0.2) is 72.8 Å². The minimum absolute atomic E-state index is 0.147. The number of primary amides is 1. The fraction of sp³-hybridized carbons (Fsp3) is 0.267. The molecule has 1 fully saturated rings. The molecule has 0 spiro atoms. The van der Waals surface area contributed by atoms with Crippen molar-refractivity contribution in [1.82, 2.24) is 5.32 Å². The molecule has 0 radical (unpaired) electrons. The number of carboxylic acids is 1. The second kappa shape index (κ2) is 13.6. The van der Waals surface area contributed by atoms with Crippen LogP contribution in [0.3, 0.4) is 0 Å². The van der Waals surface area contributed by atoms with E-state index in [1.807, 2.05) is 0 Å². The second-order valence-corrected chi connectivity index (χ2v) is 9.65. The summed E-state index contributed by atoms with van der Waals surface area (Å²) >= 11 is 0. The van der Waals surface area contributed by atoms with E-state index < -0.39 is 48.2 Å². The lowest BCUT2D eigenvalue weighted by Gasteiger charge is -2.47. The molecule has 220 valence electrons. The predicted octanol–water partition coefficient (Wildman–Crippen LogP) is 3.35. The molecule has 1 aliphatic heterocycles. The van der Waals surface area contributed by atoms with Crippen LogP contribution in [-0.2, 0) is 19.2 Å². The smallest absolute Gasteiger partial charge is 0.326 e. The molecule has 1 aliphatic rings. The maximum absolute atomic E-state index is 13.5. The molecule has 3 atom stereocenters. The summed E-state index contributed by atoms with van der Waals surface area (Å²) < 4.78 is 37.9. The third-order valence-corrected chi connectivity index (χ3v) is 6.73. The van der Waals surface area contributed by atoms with Crippen LogP contribution in [-0.4, -0.2) is 48.1 Å². The molecular formula is C30H29F2N3O7. The first-order valence-corrected chi connectivity index (χ1v) is 13.1. The number of carbonyl (C=O) groups is 4. The van der Waals surface area contributed by atoms with Crippen molar-refractivity contribution < 1.29 is 42.5 Å². The third-order valence-electron chi connectivity index (χ3n) is 6.73. The molecule has 3 aromatic carbocycles. The number of carboxylic acid groups (broad SMARTS) is 1. The van der Waals surface area contributed by atoms with Crippen LogP contribution in [0.2, 0.25) is 0 Å². The molecule has 0 bridgehead atoms.